The van der Waals surface area contributed by atoms with Gasteiger partial charge in [-0.25, -0.2) is 4.39 Å². The van der Waals surface area contributed by atoms with Crippen molar-refractivity contribution >= 4 is 0 Å². The number of aromatic nitrogens is 1. The van der Waals surface area contributed by atoms with Gasteiger partial charge in [0.05, 0.1) is 24.1 Å². The first-order valence-corrected chi connectivity index (χ1v) is 6.02. The normalized spacial score (nSPS) is 26.4. The molecule has 0 saturated carbocycles. The number of aliphatic hydroxyl groups excluding tert-OH is 2. The van der Waals surface area contributed by atoms with Crippen LogP contribution in [0, 0.1) is 5.82 Å². The van der Waals surface area contributed by atoms with Gasteiger partial charge in [0.2, 0.25) is 0 Å². The first-order valence-electron chi connectivity index (χ1n) is 6.02. The topological polar surface area (TPSA) is 82.6 Å². The molecule has 5 nitrogen and oxygen atoms in total. The van der Waals surface area contributed by atoms with Crippen LogP contribution in [0.1, 0.15) is 18.2 Å². The van der Waals surface area contributed by atoms with Crippen LogP contribution in [0.15, 0.2) is 18.3 Å². The Morgan fingerprint density at radius 2 is 2.06 bits per heavy atom. The number of halogens is 1. The van der Waals surface area contributed by atoms with Crippen LogP contribution in [-0.2, 0) is 0 Å². The molecule has 0 radical (unpaired) electrons. The van der Waals surface area contributed by atoms with E-state index < -0.39 is 12.2 Å². The Morgan fingerprint density at radius 1 is 1.39 bits per heavy atom. The summed E-state index contributed by atoms with van der Waals surface area (Å²) in [5.41, 5.74) is 6.61. The highest BCUT2D eigenvalue weighted by Gasteiger charge is 2.29. The van der Waals surface area contributed by atoms with E-state index in [-0.39, 0.29) is 11.9 Å². The average molecular weight is 255 g/mol. The van der Waals surface area contributed by atoms with Crippen LogP contribution in [0.2, 0.25) is 0 Å². The van der Waals surface area contributed by atoms with E-state index in [1.54, 1.807) is 6.07 Å². The van der Waals surface area contributed by atoms with E-state index in [2.05, 4.69) is 4.98 Å². The van der Waals surface area contributed by atoms with Crippen molar-refractivity contribution in [3.63, 3.8) is 0 Å². The maximum absolute atomic E-state index is 12.7. The minimum absolute atomic E-state index is 0.263. The first kappa shape index (κ1) is 13.4. The first-order chi connectivity index (χ1) is 8.56. The fourth-order valence-corrected chi connectivity index (χ4v) is 2.11. The van der Waals surface area contributed by atoms with Crippen molar-refractivity contribution in [2.45, 2.75) is 24.7 Å². The summed E-state index contributed by atoms with van der Waals surface area (Å²) in [5.74, 6) is -0.378. The quantitative estimate of drug-likeness (QED) is 0.685. The molecule has 1 fully saturated rings. The lowest BCUT2D eigenvalue weighted by Crippen LogP contribution is -2.26. The Bertz CT molecular complexity index is 377. The monoisotopic (exact) mass is 255 g/mol. The number of hydrogen-bond acceptors (Lipinski definition) is 5. The second-order valence-corrected chi connectivity index (χ2v) is 4.69. The molecule has 1 aromatic heterocycles. The fraction of sp³-hybridized carbons (Fsp3) is 0.583. The number of hydrogen-bond donors (Lipinski definition) is 3. The molecule has 1 aliphatic rings. The molecule has 0 spiro atoms. The Balaban J connectivity index is 1.81. The van der Waals surface area contributed by atoms with E-state index in [0.29, 0.717) is 31.7 Å². The van der Waals surface area contributed by atoms with Gasteiger partial charge in [-0.05, 0) is 18.6 Å². The fourth-order valence-electron chi connectivity index (χ4n) is 2.11. The summed E-state index contributed by atoms with van der Waals surface area (Å²) in [6, 6.07) is 2.65. The number of nitrogens with zero attached hydrogens (tertiary/aromatic N) is 2. The van der Waals surface area contributed by atoms with Gasteiger partial charge < -0.3 is 15.9 Å². The number of rotatable bonds is 4. The molecule has 2 heterocycles. The molecule has 3 atom stereocenters. The van der Waals surface area contributed by atoms with Crippen molar-refractivity contribution in [1.82, 2.24) is 9.88 Å². The second-order valence-electron chi connectivity index (χ2n) is 4.69. The van der Waals surface area contributed by atoms with Crippen LogP contribution in [0.3, 0.4) is 0 Å². The van der Waals surface area contributed by atoms with E-state index >= 15 is 0 Å². The highest BCUT2D eigenvalue weighted by Crippen LogP contribution is 2.15. The lowest BCUT2D eigenvalue weighted by atomic mass is 10.1. The standard InChI is InChI=1S/C12H18FN3O2/c13-8-1-2-10(15-5-8)9(14)3-4-16-6-11(17)12(18)7-16/h1-2,5,9,11-12,17-18H,3-4,6-7,14H2. The van der Waals surface area contributed by atoms with Gasteiger partial charge in [0.15, 0.2) is 0 Å². The van der Waals surface area contributed by atoms with Gasteiger partial charge in [-0.3, -0.25) is 9.88 Å². The molecule has 6 heteroatoms. The van der Waals surface area contributed by atoms with E-state index in [1.807, 2.05) is 4.90 Å². The van der Waals surface area contributed by atoms with Crippen LogP contribution < -0.4 is 5.73 Å². The summed E-state index contributed by atoms with van der Waals surface area (Å²) in [6.07, 6.45) is 0.451. The van der Waals surface area contributed by atoms with Gasteiger partial charge >= 0.3 is 0 Å². The zero-order valence-electron chi connectivity index (χ0n) is 10.0. The van der Waals surface area contributed by atoms with E-state index in [1.165, 1.54) is 6.07 Å². The number of likely N-dealkylation sites (tertiary alicyclic amines) is 1. The lowest BCUT2D eigenvalue weighted by Gasteiger charge is -2.17. The Morgan fingerprint density at radius 3 is 2.61 bits per heavy atom. The summed E-state index contributed by atoms with van der Waals surface area (Å²) in [7, 11) is 0. The average Bonchev–Trinajstić information content (AvgIpc) is 2.67. The summed E-state index contributed by atoms with van der Waals surface area (Å²) in [4.78, 5) is 5.89. The summed E-state index contributed by atoms with van der Waals surface area (Å²) < 4.78 is 12.7. The summed E-state index contributed by atoms with van der Waals surface area (Å²) in [6.45, 7) is 1.60. The number of aliphatic hydroxyl groups is 2. The summed E-state index contributed by atoms with van der Waals surface area (Å²) >= 11 is 0. The minimum Gasteiger partial charge on any atom is -0.389 e. The number of nitrogens with two attached hydrogens (primary N) is 1. The second kappa shape index (κ2) is 5.71. The van der Waals surface area contributed by atoms with Gasteiger partial charge in [-0.2, -0.15) is 0 Å². The largest absolute Gasteiger partial charge is 0.389 e. The molecule has 18 heavy (non-hydrogen) atoms. The molecular formula is C12H18FN3O2. The molecule has 4 N–H and O–H groups in total. The van der Waals surface area contributed by atoms with Crippen LogP contribution in [0.4, 0.5) is 4.39 Å². The maximum atomic E-state index is 12.7. The van der Waals surface area contributed by atoms with Gasteiger partial charge in [-0.15, -0.1) is 0 Å². The number of β-amino-alcohol motifs (C(OH)–C–C–N with tert-alkyl or cyclic N) is 2. The van der Waals surface area contributed by atoms with Crippen LogP contribution in [-0.4, -0.2) is 51.9 Å². The zero-order chi connectivity index (χ0) is 13.1. The smallest absolute Gasteiger partial charge is 0.141 e. The lowest BCUT2D eigenvalue weighted by molar-refractivity contribution is 0.0572. The van der Waals surface area contributed by atoms with Gasteiger partial charge in [-0.1, -0.05) is 0 Å². The molecule has 100 valence electrons. The van der Waals surface area contributed by atoms with Crippen molar-refractivity contribution in [3.05, 3.63) is 29.8 Å². The van der Waals surface area contributed by atoms with Crippen LogP contribution >= 0.6 is 0 Å². The molecule has 1 aliphatic heterocycles. The minimum atomic E-state index is -0.676. The molecule has 1 aromatic rings. The Labute approximate surface area is 105 Å². The third-order valence-electron chi connectivity index (χ3n) is 3.22. The van der Waals surface area contributed by atoms with Crippen molar-refractivity contribution in [1.29, 1.82) is 0 Å². The Hall–Kier alpha value is -1.08. The molecule has 2 rings (SSSR count). The third kappa shape index (κ3) is 3.23. The third-order valence-corrected chi connectivity index (χ3v) is 3.22. The molecule has 3 unspecified atom stereocenters. The van der Waals surface area contributed by atoms with Gasteiger partial charge in [0.1, 0.15) is 5.82 Å². The SMILES string of the molecule is NC(CCN1CC(O)C(O)C1)c1ccc(F)cn1. The highest BCUT2D eigenvalue weighted by molar-refractivity contribution is 5.09. The highest BCUT2D eigenvalue weighted by atomic mass is 19.1. The molecule has 0 bridgehead atoms. The van der Waals surface area contributed by atoms with E-state index in [0.717, 1.165) is 6.20 Å². The van der Waals surface area contributed by atoms with Crippen LogP contribution in [0.5, 0.6) is 0 Å². The van der Waals surface area contributed by atoms with Crippen molar-refractivity contribution in [2.24, 2.45) is 5.73 Å². The summed E-state index contributed by atoms with van der Waals surface area (Å²) in [5, 5.41) is 18.8. The molecule has 0 aliphatic carbocycles. The Kier molecular flexibility index (Phi) is 4.23. The van der Waals surface area contributed by atoms with Crippen molar-refractivity contribution < 1.29 is 14.6 Å². The van der Waals surface area contributed by atoms with Crippen molar-refractivity contribution in [3.8, 4) is 0 Å². The van der Waals surface area contributed by atoms with Gasteiger partial charge in [0.25, 0.3) is 0 Å². The molecule has 0 amide bonds. The molecule has 0 aromatic carbocycles. The maximum Gasteiger partial charge on any atom is 0.141 e. The predicted octanol–water partition coefficient (Wildman–Crippen LogP) is -0.352. The molecule has 1 saturated heterocycles. The van der Waals surface area contributed by atoms with E-state index in [9.17, 15) is 14.6 Å². The van der Waals surface area contributed by atoms with Crippen LogP contribution in [0.25, 0.3) is 0 Å². The zero-order valence-corrected chi connectivity index (χ0v) is 10.0. The van der Waals surface area contributed by atoms with Crippen molar-refractivity contribution in [2.75, 3.05) is 19.6 Å². The van der Waals surface area contributed by atoms with Gasteiger partial charge in [0, 0.05) is 25.7 Å². The number of pyridine rings is 1. The predicted molar refractivity (Wildman–Crippen MR) is 64.2 cm³/mol. The van der Waals surface area contributed by atoms with E-state index in [4.69, 9.17) is 5.73 Å². The molecular weight excluding hydrogens is 237 g/mol.